The van der Waals surface area contributed by atoms with Crippen LogP contribution in [0.2, 0.25) is 0 Å². The fourth-order valence-corrected chi connectivity index (χ4v) is 7.48. The number of carbonyl (C=O) groups excluding carboxylic acids is 2. The predicted octanol–water partition coefficient (Wildman–Crippen LogP) is 6.28. The van der Waals surface area contributed by atoms with E-state index in [2.05, 4.69) is 60.0 Å². The molecule has 0 spiro atoms. The van der Waals surface area contributed by atoms with Gasteiger partial charge in [0.25, 0.3) is 5.91 Å². The molecule has 0 bridgehead atoms. The number of hydrogen-bond donors (Lipinski definition) is 1. The molecule has 1 aliphatic carbocycles. The molecule has 2 amide bonds. The van der Waals surface area contributed by atoms with Gasteiger partial charge in [-0.05, 0) is 67.7 Å². The number of thiophene rings is 1. The van der Waals surface area contributed by atoms with Crippen molar-refractivity contribution in [3.8, 4) is 0 Å². The number of benzene rings is 1. The molecule has 0 unspecified atom stereocenters. The van der Waals surface area contributed by atoms with E-state index < -0.39 is 6.04 Å². The molecule has 7 nitrogen and oxygen atoms in total. The lowest BCUT2D eigenvalue weighted by Gasteiger charge is -2.39. The summed E-state index contributed by atoms with van der Waals surface area (Å²) in [6.07, 6.45) is 8.68. The SMILES string of the molecule is CCC(CC)n1c(Cc2cccs2)nc2cc(C(=O)N[C@@H](CC(C)C)C(=O)N3CCN(C4CCCC4)CC3)ccc21. The van der Waals surface area contributed by atoms with Gasteiger partial charge in [-0.3, -0.25) is 14.5 Å². The van der Waals surface area contributed by atoms with Crippen molar-refractivity contribution in [1.29, 1.82) is 0 Å². The Morgan fingerprint density at radius 1 is 1.05 bits per heavy atom. The van der Waals surface area contributed by atoms with Crippen molar-refractivity contribution in [3.05, 3.63) is 52.0 Å². The van der Waals surface area contributed by atoms with Crippen LogP contribution in [0.25, 0.3) is 11.0 Å². The van der Waals surface area contributed by atoms with Crippen LogP contribution in [-0.2, 0) is 11.2 Å². The van der Waals surface area contributed by atoms with Crippen molar-refractivity contribution in [2.75, 3.05) is 26.2 Å². The van der Waals surface area contributed by atoms with Gasteiger partial charge in [-0.1, -0.05) is 46.6 Å². The minimum Gasteiger partial charge on any atom is -0.340 e. The summed E-state index contributed by atoms with van der Waals surface area (Å²) in [5.41, 5.74) is 2.46. The van der Waals surface area contributed by atoms with Crippen molar-refractivity contribution in [1.82, 2.24) is 24.7 Å². The molecular formula is C33H47N5O2S. The molecular weight excluding hydrogens is 530 g/mol. The summed E-state index contributed by atoms with van der Waals surface area (Å²) in [5.74, 6) is 1.18. The third kappa shape index (κ3) is 6.86. The molecule has 41 heavy (non-hydrogen) atoms. The van der Waals surface area contributed by atoms with Crippen LogP contribution in [0, 0.1) is 5.92 Å². The number of hydrogen-bond acceptors (Lipinski definition) is 5. The van der Waals surface area contributed by atoms with E-state index in [9.17, 15) is 9.59 Å². The Morgan fingerprint density at radius 3 is 2.41 bits per heavy atom. The Hall–Kier alpha value is -2.71. The van der Waals surface area contributed by atoms with Crippen LogP contribution in [-0.4, -0.2) is 69.4 Å². The van der Waals surface area contributed by atoms with Gasteiger partial charge in [0.1, 0.15) is 11.9 Å². The van der Waals surface area contributed by atoms with Crippen molar-refractivity contribution >= 4 is 34.2 Å². The lowest BCUT2D eigenvalue weighted by molar-refractivity contribution is -0.135. The summed E-state index contributed by atoms with van der Waals surface area (Å²) >= 11 is 1.75. The van der Waals surface area contributed by atoms with Crippen LogP contribution in [0.3, 0.4) is 0 Å². The van der Waals surface area contributed by atoms with Crippen LogP contribution in [0.4, 0.5) is 0 Å². The molecule has 2 aliphatic rings. The Balaban J connectivity index is 1.32. The lowest BCUT2D eigenvalue weighted by atomic mass is 10.0. The Morgan fingerprint density at radius 2 is 1.78 bits per heavy atom. The predicted molar refractivity (Wildman–Crippen MR) is 168 cm³/mol. The van der Waals surface area contributed by atoms with Crippen molar-refractivity contribution < 1.29 is 9.59 Å². The summed E-state index contributed by atoms with van der Waals surface area (Å²) in [7, 11) is 0. The van der Waals surface area contributed by atoms with Crippen LogP contribution in [0.1, 0.15) is 99.7 Å². The fourth-order valence-electron chi connectivity index (χ4n) is 6.78. The summed E-state index contributed by atoms with van der Waals surface area (Å²) < 4.78 is 2.37. The highest BCUT2D eigenvalue weighted by molar-refractivity contribution is 7.09. The number of nitrogens with zero attached hydrogens (tertiary/aromatic N) is 4. The first-order valence-corrected chi connectivity index (χ1v) is 16.6. The second-order valence-corrected chi connectivity index (χ2v) is 13.3. The Bertz CT molecular complexity index is 1300. The first-order chi connectivity index (χ1) is 19.9. The Labute approximate surface area is 249 Å². The van der Waals surface area contributed by atoms with E-state index in [0.29, 0.717) is 30.0 Å². The highest BCUT2D eigenvalue weighted by Gasteiger charge is 2.32. The molecule has 1 saturated heterocycles. The molecule has 1 saturated carbocycles. The Kier molecular flexibility index (Phi) is 9.81. The van der Waals surface area contributed by atoms with Gasteiger partial charge < -0.3 is 14.8 Å². The molecule has 3 aromatic rings. The number of piperazine rings is 1. The zero-order chi connectivity index (χ0) is 28.9. The maximum Gasteiger partial charge on any atom is 0.252 e. The van der Waals surface area contributed by atoms with Gasteiger partial charge in [-0.25, -0.2) is 4.98 Å². The molecule has 2 aromatic heterocycles. The van der Waals surface area contributed by atoms with Crippen LogP contribution >= 0.6 is 11.3 Å². The van der Waals surface area contributed by atoms with Crippen molar-refractivity contribution in [2.24, 2.45) is 5.92 Å². The number of rotatable bonds is 11. The number of aromatic nitrogens is 2. The molecule has 3 heterocycles. The van der Waals surface area contributed by atoms with Gasteiger partial charge in [0, 0.05) is 55.1 Å². The maximum absolute atomic E-state index is 13.7. The largest absolute Gasteiger partial charge is 0.340 e. The molecule has 222 valence electrons. The first-order valence-electron chi connectivity index (χ1n) is 15.7. The van der Waals surface area contributed by atoms with Gasteiger partial charge in [-0.15, -0.1) is 11.3 Å². The molecule has 1 aromatic carbocycles. The van der Waals surface area contributed by atoms with E-state index >= 15 is 0 Å². The number of amides is 2. The van der Waals surface area contributed by atoms with Gasteiger partial charge in [0.2, 0.25) is 5.91 Å². The number of nitrogens with one attached hydrogen (secondary N) is 1. The summed E-state index contributed by atoms with van der Waals surface area (Å²) in [5, 5.41) is 5.22. The lowest BCUT2D eigenvalue weighted by Crippen LogP contribution is -2.56. The third-order valence-corrected chi connectivity index (χ3v) is 9.90. The molecule has 1 aliphatic heterocycles. The topological polar surface area (TPSA) is 70.5 Å². The summed E-state index contributed by atoms with van der Waals surface area (Å²) in [6.45, 7) is 12.0. The molecule has 8 heteroatoms. The highest BCUT2D eigenvalue weighted by Crippen LogP contribution is 2.29. The molecule has 1 N–H and O–H groups in total. The second-order valence-electron chi connectivity index (χ2n) is 12.3. The summed E-state index contributed by atoms with van der Waals surface area (Å²) in [6, 6.07) is 10.6. The first kappa shape index (κ1) is 29.8. The van der Waals surface area contributed by atoms with E-state index in [1.165, 1.54) is 30.6 Å². The highest BCUT2D eigenvalue weighted by atomic mass is 32.1. The van der Waals surface area contributed by atoms with E-state index in [1.54, 1.807) is 11.3 Å². The second kappa shape index (κ2) is 13.5. The molecule has 5 rings (SSSR count). The van der Waals surface area contributed by atoms with Crippen LogP contribution < -0.4 is 5.32 Å². The smallest absolute Gasteiger partial charge is 0.252 e. The van der Waals surface area contributed by atoms with E-state index in [-0.39, 0.29) is 11.8 Å². The van der Waals surface area contributed by atoms with Gasteiger partial charge in [-0.2, -0.15) is 0 Å². The van der Waals surface area contributed by atoms with Crippen molar-refractivity contribution in [3.63, 3.8) is 0 Å². The average Bonchev–Trinajstić information content (AvgIpc) is 3.75. The van der Waals surface area contributed by atoms with Crippen LogP contribution in [0.5, 0.6) is 0 Å². The van der Waals surface area contributed by atoms with E-state index in [4.69, 9.17) is 4.98 Å². The minimum atomic E-state index is -0.521. The quantitative estimate of drug-likeness (QED) is 0.291. The van der Waals surface area contributed by atoms with Crippen LogP contribution in [0.15, 0.2) is 35.7 Å². The standard InChI is InChI=1S/C33H47N5O2S/c1-5-25(6-2)38-30-14-13-24(21-28(30)34-31(38)22-27-12-9-19-41-27)32(39)35-29(20-23(3)4)33(40)37-17-15-36(16-18-37)26-10-7-8-11-26/h9,12-14,19,21,23,25-26,29H,5-8,10-11,15-18,20,22H2,1-4H3,(H,35,39)/t29-/m0/s1. The zero-order valence-electron chi connectivity index (χ0n) is 25.3. The summed E-state index contributed by atoms with van der Waals surface area (Å²) in [4.78, 5) is 38.1. The maximum atomic E-state index is 13.7. The number of fused-ring (bicyclic) bond motifs is 1. The average molecular weight is 578 g/mol. The third-order valence-electron chi connectivity index (χ3n) is 9.02. The van der Waals surface area contributed by atoms with E-state index in [1.807, 2.05) is 23.1 Å². The van der Waals surface area contributed by atoms with Gasteiger partial charge in [0.05, 0.1) is 11.0 Å². The zero-order valence-corrected chi connectivity index (χ0v) is 26.1. The van der Waals surface area contributed by atoms with Gasteiger partial charge in [0.15, 0.2) is 0 Å². The monoisotopic (exact) mass is 577 g/mol. The van der Waals surface area contributed by atoms with Crippen molar-refractivity contribution in [2.45, 2.75) is 97.2 Å². The minimum absolute atomic E-state index is 0.0513. The number of carbonyl (C=O) groups is 2. The molecule has 2 fully saturated rings. The molecule has 1 atom stereocenters. The normalized spacial score (nSPS) is 17.7. The fraction of sp³-hybridized carbons (Fsp3) is 0.606. The number of imidazole rings is 1. The van der Waals surface area contributed by atoms with Gasteiger partial charge >= 0.3 is 0 Å². The molecule has 0 radical (unpaired) electrons. The van der Waals surface area contributed by atoms with E-state index in [0.717, 1.165) is 62.3 Å².